The van der Waals surface area contributed by atoms with Crippen molar-refractivity contribution < 1.29 is 9.59 Å². The summed E-state index contributed by atoms with van der Waals surface area (Å²) < 4.78 is 0. The third kappa shape index (κ3) is 4.22. The first-order valence-electron chi connectivity index (χ1n) is 9.94. The molecule has 27 heavy (non-hydrogen) atoms. The maximum absolute atomic E-state index is 12.7. The second-order valence-corrected chi connectivity index (χ2v) is 8.28. The first kappa shape index (κ1) is 18.6. The van der Waals surface area contributed by atoms with Crippen LogP contribution in [0.1, 0.15) is 25.7 Å². The molecule has 2 aliphatic heterocycles. The maximum Gasteiger partial charge on any atom is 0.320 e. The Morgan fingerprint density at radius 3 is 2.33 bits per heavy atom. The third-order valence-electron chi connectivity index (χ3n) is 6.03. The molecule has 3 fully saturated rings. The topological polar surface area (TPSA) is 55.9 Å². The van der Waals surface area contributed by atoms with E-state index in [9.17, 15) is 9.59 Å². The van der Waals surface area contributed by atoms with Crippen LogP contribution in [0.15, 0.2) is 24.3 Å². The number of nitrogens with one attached hydrogen (secondary N) is 1. The van der Waals surface area contributed by atoms with Crippen LogP contribution in [0.2, 0.25) is 5.02 Å². The molecule has 4 rings (SSSR count). The number of carbonyl (C=O) groups is 2. The Kier molecular flexibility index (Phi) is 5.55. The molecule has 7 heteroatoms. The highest BCUT2D eigenvalue weighted by Crippen LogP contribution is 2.26. The van der Waals surface area contributed by atoms with Crippen LogP contribution < -0.4 is 5.32 Å². The van der Waals surface area contributed by atoms with Gasteiger partial charge in [-0.3, -0.25) is 9.69 Å². The van der Waals surface area contributed by atoms with Crippen molar-refractivity contribution in [2.24, 2.45) is 5.92 Å². The zero-order chi connectivity index (χ0) is 18.8. The van der Waals surface area contributed by atoms with Crippen molar-refractivity contribution in [1.82, 2.24) is 14.7 Å². The molecule has 0 radical (unpaired) electrons. The van der Waals surface area contributed by atoms with Gasteiger partial charge in [-0.25, -0.2) is 4.79 Å². The highest BCUT2D eigenvalue weighted by Gasteiger charge is 2.38. The van der Waals surface area contributed by atoms with Crippen LogP contribution in [0.5, 0.6) is 0 Å². The number of urea groups is 1. The fourth-order valence-electron chi connectivity index (χ4n) is 4.02. The molecule has 3 aliphatic rings. The number of rotatable bonds is 3. The minimum absolute atomic E-state index is 0.0339. The van der Waals surface area contributed by atoms with Crippen molar-refractivity contribution in [2.45, 2.75) is 31.7 Å². The summed E-state index contributed by atoms with van der Waals surface area (Å²) in [5.74, 6) is -0.170. The van der Waals surface area contributed by atoms with E-state index in [0.29, 0.717) is 18.1 Å². The van der Waals surface area contributed by atoms with Crippen molar-refractivity contribution in [3.63, 3.8) is 0 Å². The minimum Gasteiger partial charge on any atom is -0.326 e. The quantitative estimate of drug-likeness (QED) is 0.863. The number of benzene rings is 1. The molecule has 1 aliphatic carbocycles. The highest BCUT2D eigenvalue weighted by molar-refractivity contribution is 6.30. The standard InChI is InChI=1S/C20H27ClN4O2/c21-16-5-7-17(8-6-16)22-19(26)15-13-25(14-15)20(27)24-10-2-9-23(11-12-24)18-3-1-4-18/h5-8,15,18H,1-4,9-14H2,(H,22,26). The Balaban J connectivity index is 1.23. The molecule has 6 nitrogen and oxygen atoms in total. The lowest BCUT2D eigenvalue weighted by Gasteiger charge is -2.41. The summed E-state index contributed by atoms with van der Waals surface area (Å²) in [6.07, 6.45) is 5.00. The van der Waals surface area contributed by atoms with Gasteiger partial charge in [0.1, 0.15) is 0 Å². The number of likely N-dealkylation sites (tertiary alicyclic amines) is 1. The smallest absolute Gasteiger partial charge is 0.320 e. The molecule has 146 valence electrons. The zero-order valence-corrected chi connectivity index (χ0v) is 16.3. The van der Waals surface area contributed by atoms with Gasteiger partial charge in [-0.15, -0.1) is 0 Å². The van der Waals surface area contributed by atoms with Crippen LogP contribution in [0.25, 0.3) is 0 Å². The molecule has 0 unspecified atom stereocenters. The van der Waals surface area contributed by atoms with Crippen molar-refractivity contribution in [3.05, 3.63) is 29.3 Å². The van der Waals surface area contributed by atoms with Crippen LogP contribution in [-0.2, 0) is 4.79 Å². The van der Waals surface area contributed by atoms with E-state index in [1.165, 1.54) is 19.3 Å². The zero-order valence-electron chi connectivity index (χ0n) is 15.6. The van der Waals surface area contributed by atoms with E-state index in [4.69, 9.17) is 11.6 Å². The van der Waals surface area contributed by atoms with E-state index in [-0.39, 0.29) is 17.9 Å². The van der Waals surface area contributed by atoms with Crippen molar-refractivity contribution in [1.29, 1.82) is 0 Å². The molecule has 1 aromatic rings. The summed E-state index contributed by atoms with van der Waals surface area (Å²) in [4.78, 5) is 31.4. The number of anilines is 1. The summed E-state index contributed by atoms with van der Waals surface area (Å²) in [6, 6.07) is 7.89. The van der Waals surface area contributed by atoms with Crippen molar-refractivity contribution in [2.75, 3.05) is 44.6 Å². The van der Waals surface area contributed by atoms with E-state index in [1.807, 2.05) is 4.90 Å². The van der Waals surface area contributed by atoms with Crippen LogP contribution >= 0.6 is 11.6 Å². The number of halogens is 1. The molecule has 0 spiro atoms. The average molecular weight is 391 g/mol. The molecule has 0 atom stereocenters. The molecule has 1 aromatic carbocycles. The largest absolute Gasteiger partial charge is 0.326 e. The monoisotopic (exact) mass is 390 g/mol. The second kappa shape index (κ2) is 8.07. The van der Waals surface area contributed by atoms with E-state index >= 15 is 0 Å². The van der Waals surface area contributed by atoms with E-state index in [2.05, 4.69) is 10.2 Å². The number of hydrogen-bond donors (Lipinski definition) is 1. The Bertz CT molecular complexity index is 686. The van der Waals surface area contributed by atoms with Crippen LogP contribution in [0.4, 0.5) is 10.5 Å². The summed E-state index contributed by atoms with van der Waals surface area (Å²) in [5, 5.41) is 3.54. The van der Waals surface area contributed by atoms with Gasteiger partial charge in [0.25, 0.3) is 0 Å². The molecular weight excluding hydrogens is 364 g/mol. The minimum atomic E-state index is -0.136. The summed E-state index contributed by atoms with van der Waals surface area (Å²) in [6.45, 7) is 4.70. The molecule has 2 saturated heterocycles. The van der Waals surface area contributed by atoms with Gasteiger partial charge in [0.15, 0.2) is 0 Å². The first-order valence-corrected chi connectivity index (χ1v) is 10.3. The molecule has 3 amide bonds. The third-order valence-corrected chi connectivity index (χ3v) is 6.28. The number of nitrogens with zero attached hydrogens (tertiary/aromatic N) is 3. The van der Waals surface area contributed by atoms with E-state index < -0.39 is 0 Å². The summed E-state index contributed by atoms with van der Waals surface area (Å²) in [5.41, 5.74) is 0.734. The van der Waals surface area contributed by atoms with Gasteiger partial charge in [-0.1, -0.05) is 18.0 Å². The molecule has 0 bridgehead atoms. The van der Waals surface area contributed by atoms with Crippen LogP contribution in [0, 0.1) is 5.92 Å². The number of hydrogen-bond acceptors (Lipinski definition) is 3. The van der Waals surface area contributed by atoms with Gasteiger partial charge < -0.3 is 15.1 Å². The fourth-order valence-corrected chi connectivity index (χ4v) is 4.15. The Morgan fingerprint density at radius 1 is 0.926 bits per heavy atom. The molecule has 1 N–H and O–H groups in total. The van der Waals surface area contributed by atoms with Crippen molar-refractivity contribution >= 4 is 29.2 Å². The molecular formula is C20H27ClN4O2. The number of amides is 3. The van der Waals surface area contributed by atoms with Crippen LogP contribution in [0.3, 0.4) is 0 Å². The highest BCUT2D eigenvalue weighted by atomic mass is 35.5. The lowest BCUT2D eigenvalue weighted by atomic mass is 9.91. The van der Waals surface area contributed by atoms with Crippen molar-refractivity contribution in [3.8, 4) is 0 Å². The van der Waals surface area contributed by atoms with Crippen LogP contribution in [-0.4, -0.2) is 71.9 Å². The normalized spacial score (nSPS) is 22.0. The Hall–Kier alpha value is -1.79. The second-order valence-electron chi connectivity index (χ2n) is 7.84. The van der Waals surface area contributed by atoms with Gasteiger partial charge in [0, 0.05) is 56.0 Å². The van der Waals surface area contributed by atoms with Gasteiger partial charge in [0.2, 0.25) is 5.91 Å². The van der Waals surface area contributed by atoms with Gasteiger partial charge >= 0.3 is 6.03 Å². The lowest BCUT2D eigenvalue weighted by molar-refractivity contribution is -0.123. The fraction of sp³-hybridized carbons (Fsp3) is 0.600. The van der Waals surface area contributed by atoms with Gasteiger partial charge in [0.05, 0.1) is 5.92 Å². The molecule has 2 heterocycles. The van der Waals surface area contributed by atoms with Gasteiger partial charge in [-0.05, 0) is 43.5 Å². The summed E-state index contributed by atoms with van der Waals surface area (Å²) in [7, 11) is 0. The van der Waals surface area contributed by atoms with E-state index in [0.717, 1.165) is 44.3 Å². The van der Waals surface area contributed by atoms with Gasteiger partial charge in [-0.2, -0.15) is 0 Å². The molecule has 1 saturated carbocycles. The Morgan fingerprint density at radius 2 is 1.67 bits per heavy atom. The van der Waals surface area contributed by atoms with E-state index in [1.54, 1.807) is 29.2 Å². The first-order chi connectivity index (χ1) is 13.1. The molecule has 0 aromatic heterocycles. The maximum atomic E-state index is 12.7. The predicted molar refractivity (Wildman–Crippen MR) is 106 cm³/mol. The average Bonchev–Trinajstić information content (AvgIpc) is 2.80. The lowest BCUT2D eigenvalue weighted by Crippen LogP contribution is -2.58. The Labute approximate surface area is 165 Å². The summed E-state index contributed by atoms with van der Waals surface area (Å²) >= 11 is 5.86. The SMILES string of the molecule is O=C(Nc1ccc(Cl)cc1)C1CN(C(=O)N2CCCN(C3CCC3)CC2)C1. The number of carbonyl (C=O) groups excluding carboxylic acids is 2. The predicted octanol–water partition coefficient (Wildman–Crippen LogP) is 2.89.